The van der Waals surface area contributed by atoms with E-state index >= 15 is 0 Å². The van der Waals surface area contributed by atoms with Crippen molar-refractivity contribution in [2.24, 2.45) is 5.41 Å². The zero-order valence-corrected chi connectivity index (χ0v) is 23.3. The third kappa shape index (κ3) is 5.01. The fourth-order valence-electron chi connectivity index (χ4n) is 5.77. The van der Waals surface area contributed by atoms with Crippen LogP contribution in [0, 0.1) is 11.2 Å². The predicted octanol–water partition coefficient (Wildman–Crippen LogP) is 4.13. The van der Waals surface area contributed by atoms with Crippen LogP contribution in [0.5, 0.6) is 0 Å². The van der Waals surface area contributed by atoms with Gasteiger partial charge in [0, 0.05) is 30.6 Å². The van der Waals surface area contributed by atoms with Gasteiger partial charge in [0.15, 0.2) is 9.84 Å². The van der Waals surface area contributed by atoms with Crippen LogP contribution >= 0.6 is 11.6 Å². The monoisotopic (exact) mass is 562 g/mol. The van der Waals surface area contributed by atoms with Crippen LogP contribution < -0.4 is 4.90 Å². The summed E-state index contributed by atoms with van der Waals surface area (Å²) in [6.07, 6.45) is 3.31. The fourth-order valence-corrected chi connectivity index (χ4v) is 7.93. The molecule has 1 aromatic heterocycles. The van der Waals surface area contributed by atoms with E-state index in [2.05, 4.69) is 10.00 Å². The highest BCUT2D eigenvalue weighted by atomic mass is 35.5. The van der Waals surface area contributed by atoms with Gasteiger partial charge in [0.1, 0.15) is 5.82 Å². The first kappa shape index (κ1) is 26.9. The summed E-state index contributed by atoms with van der Waals surface area (Å²) in [4.78, 5) is 17.5. The maximum atomic E-state index is 13.5. The molecule has 0 unspecified atom stereocenters. The average molecular weight is 563 g/mol. The lowest BCUT2D eigenvalue weighted by Gasteiger charge is -2.43. The number of sulfone groups is 1. The quantitative estimate of drug-likeness (QED) is 0.485. The molecule has 1 amide bonds. The van der Waals surface area contributed by atoms with Gasteiger partial charge in [0.05, 0.1) is 51.8 Å². The summed E-state index contributed by atoms with van der Waals surface area (Å²) < 4.78 is 42.1. The minimum atomic E-state index is -3.58. The molecule has 2 bridgehead atoms. The number of hydrogen-bond donors (Lipinski definition) is 1. The lowest BCUT2D eigenvalue weighted by Crippen LogP contribution is -2.55. The number of anilines is 1. The van der Waals surface area contributed by atoms with E-state index in [1.807, 2.05) is 20.8 Å². The minimum Gasteiger partial charge on any atom is -0.394 e. The van der Waals surface area contributed by atoms with E-state index in [1.54, 1.807) is 27.9 Å². The molecule has 2 saturated heterocycles. The van der Waals surface area contributed by atoms with Crippen LogP contribution in [0.1, 0.15) is 44.0 Å². The van der Waals surface area contributed by atoms with Crippen molar-refractivity contribution in [3.63, 3.8) is 0 Å². The Morgan fingerprint density at radius 1 is 1.16 bits per heavy atom. The first-order valence-electron chi connectivity index (χ1n) is 12.7. The van der Waals surface area contributed by atoms with Gasteiger partial charge in [0.2, 0.25) is 0 Å². The number of aromatic nitrogens is 2. The maximum Gasteiger partial charge on any atom is 0.255 e. The van der Waals surface area contributed by atoms with Crippen molar-refractivity contribution >= 4 is 43.9 Å². The number of carbonyl (C=O) groups is 1. The van der Waals surface area contributed by atoms with Crippen LogP contribution in [0.2, 0.25) is 5.02 Å². The van der Waals surface area contributed by atoms with Gasteiger partial charge in [-0.2, -0.15) is 5.10 Å². The van der Waals surface area contributed by atoms with Gasteiger partial charge in [-0.1, -0.05) is 32.4 Å². The predicted molar refractivity (Wildman–Crippen MR) is 145 cm³/mol. The van der Waals surface area contributed by atoms with Crippen LogP contribution in [-0.2, 0) is 16.4 Å². The van der Waals surface area contributed by atoms with Crippen molar-refractivity contribution in [2.75, 3.05) is 30.3 Å². The second kappa shape index (κ2) is 9.81. The van der Waals surface area contributed by atoms with Crippen molar-refractivity contribution in [1.29, 1.82) is 0 Å². The topological polar surface area (TPSA) is 95.7 Å². The molecule has 3 aromatic rings. The number of amides is 1. The van der Waals surface area contributed by atoms with E-state index in [0.717, 1.165) is 30.1 Å². The Balaban J connectivity index is 1.54. The molecule has 2 aliphatic heterocycles. The number of fused-ring (bicyclic) bond motifs is 3. The number of rotatable bonds is 6. The fraction of sp³-hybridized carbons (Fsp3) is 0.481. The molecule has 0 radical (unpaired) electrons. The van der Waals surface area contributed by atoms with Gasteiger partial charge in [-0.3, -0.25) is 9.48 Å². The van der Waals surface area contributed by atoms with E-state index in [9.17, 15) is 22.7 Å². The van der Waals surface area contributed by atoms with Crippen LogP contribution in [0.15, 0.2) is 41.4 Å². The van der Waals surface area contributed by atoms with E-state index < -0.39 is 21.1 Å². The molecule has 38 heavy (non-hydrogen) atoms. The number of carbonyl (C=O) groups excluding carboxylic acids is 1. The minimum absolute atomic E-state index is 0.00326. The highest BCUT2D eigenvalue weighted by Crippen LogP contribution is 2.41. The van der Waals surface area contributed by atoms with Gasteiger partial charge >= 0.3 is 0 Å². The van der Waals surface area contributed by atoms with E-state index in [0.29, 0.717) is 18.5 Å². The number of hydrogen-bond acceptors (Lipinski definition) is 6. The van der Waals surface area contributed by atoms with E-state index in [1.165, 1.54) is 12.1 Å². The first-order chi connectivity index (χ1) is 17.9. The molecule has 3 heterocycles. The number of aliphatic hydroxyl groups excluding tert-OH is 1. The molecular weight excluding hydrogens is 531 g/mol. The van der Waals surface area contributed by atoms with Crippen molar-refractivity contribution < 1.29 is 22.7 Å². The highest BCUT2D eigenvalue weighted by molar-refractivity contribution is 7.91. The molecule has 2 fully saturated rings. The summed E-state index contributed by atoms with van der Waals surface area (Å²) in [6, 6.07) is 7.10. The second-order valence-corrected chi connectivity index (χ2v) is 13.8. The average Bonchev–Trinajstić information content (AvgIpc) is 3.34. The second-order valence-electron chi connectivity index (χ2n) is 11.4. The van der Waals surface area contributed by atoms with Gasteiger partial charge in [-0.05, 0) is 48.6 Å². The molecule has 8 nitrogen and oxygen atoms in total. The molecule has 0 aliphatic carbocycles. The van der Waals surface area contributed by atoms with Crippen LogP contribution in [0.4, 0.5) is 10.1 Å². The number of piperazine rings is 1. The van der Waals surface area contributed by atoms with E-state index in [4.69, 9.17) is 11.6 Å². The number of likely N-dealkylation sites (tertiary alicyclic amines) is 1. The molecule has 2 aliphatic rings. The molecular formula is C27H32ClFN4O4S. The third-order valence-corrected chi connectivity index (χ3v) is 9.70. The Bertz CT molecular complexity index is 1490. The van der Waals surface area contributed by atoms with E-state index in [-0.39, 0.29) is 52.4 Å². The number of nitrogens with zero attached hydrogens (tertiary/aromatic N) is 4. The smallest absolute Gasteiger partial charge is 0.255 e. The highest BCUT2D eigenvalue weighted by Gasteiger charge is 2.43. The molecule has 11 heteroatoms. The summed E-state index contributed by atoms with van der Waals surface area (Å²) in [7, 11) is -3.58. The number of halogens is 2. The lowest BCUT2D eigenvalue weighted by molar-refractivity contribution is 0.0718. The third-order valence-electron chi connectivity index (χ3n) is 7.19. The molecule has 0 saturated carbocycles. The Morgan fingerprint density at radius 2 is 1.84 bits per heavy atom. The van der Waals surface area contributed by atoms with Crippen molar-refractivity contribution in [1.82, 2.24) is 14.7 Å². The van der Waals surface area contributed by atoms with Crippen molar-refractivity contribution in [2.45, 2.75) is 57.1 Å². The summed E-state index contributed by atoms with van der Waals surface area (Å²) in [5, 5.41) is 14.8. The van der Waals surface area contributed by atoms with Gasteiger partial charge in [-0.25, -0.2) is 12.8 Å². The molecule has 2 aromatic carbocycles. The van der Waals surface area contributed by atoms with Gasteiger partial charge in [0.25, 0.3) is 5.91 Å². The molecule has 1 N–H and O–H groups in total. The van der Waals surface area contributed by atoms with Crippen LogP contribution in [-0.4, -0.2) is 71.6 Å². The van der Waals surface area contributed by atoms with Crippen molar-refractivity contribution in [3.8, 4) is 0 Å². The Labute approximate surface area is 226 Å². The first-order valence-corrected chi connectivity index (χ1v) is 14.8. The normalized spacial score (nSPS) is 19.9. The maximum absolute atomic E-state index is 13.5. The molecule has 2 atom stereocenters. The standard InChI is InChI=1S/C27H32ClFN4O4S/c1-27(2,3)16-38(36,37)21-10-17-13-30-32(8-9-34)25(17)24(12-21)33-19-5-6-20(33)15-31(14-19)26(35)22-7-4-18(29)11-23(22)28/h4,7,10-13,19-20,34H,5-6,8-9,14-16H2,1-3H3/t19-,20+. The lowest BCUT2D eigenvalue weighted by atomic mass is 10.0. The zero-order chi connectivity index (χ0) is 27.4. The number of aliphatic hydroxyl groups is 1. The Morgan fingerprint density at radius 3 is 2.45 bits per heavy atom. The summed E-state index contributed by atoms with van der Waals surface area (Å²) >= 11 is 6.18. The zero-order valence-electron chi connectivity index (χ0n) is 21.7. The largest absolute Gasteiger partial charge is 0.394 e. The van der Waals surface area contributed by atoms with Crippen LogP contribution in [0.25, 0.3) is 10.9 Å². The molecule has 204 valence electrons. The van der Waals surface area contributed by atoms with Gasteiger partial charge < -0.3 is 14.9 Å². The summed E-state index contributed by atoms with van der Waals surface area (Å²) in [5.74, 6) is -0.742. The molecule has 0 spiro atoms. The van der Waals surface area contributed by atoms with Crippen molar-refractivity contribution in [3.05, 3.63) is 52.9 Å². The summed E-state index contributed by atoms with van der Waals surface area (Å²) in [5.41, 5.74) is 1.37. The molecule has 5 rings (SSSR count). The number of benzene rings is 2. The Hall–Kier alpha value is -2.69. The Kier molecular flexibility index (Phi) is 6.94. The van der Waals surface area contributed by atoms with Crippen LogP contribution in [0.3, 0.4) is 0 Å². The summed E-state index contributed by atoms with van der Waals surface area (Å²) in [6.45, 7) is 6.72. The SMILES string of the molecule is CC(C)(C)CS(=O)(=O)c1cc(N2[C@@H]3CC[C@H]2CN(C(=O)c2ccc(F)cc2Cl)C3)c2c(cnn2CCO)c1. The van der Waals surface area contributed by atoms with Gasteiger partial charge in [-0.15, -0.1) is 0 Å².